The van der Waals surface area contributed by atoms with Crippen molar-refractivity contribution >= 4 is 28.2 Å². The van der Waals surface area contributed by atoms with E-state index in [1.807, 2.05) is 0 Å². The molecule has 0 bridgehead atoms. The summed E-state index contributed by atoms with van der Waals surface area (Å²) in [7, 11) is 1.68. The fourth-order valence-corrected chi connectivity index (χ4v) is 4.08. The van der Waals surface area contributed by atoms with Crippen LogP contribution in [-0.4, -0.2) is 38.7 Å². The molecule has 128 valence electrons. The summed E-state index contributed by atoms with van der Waals surface area (Å²) in [5.74, 6) is -0.156. The Morgan fingerprint density at radius 2 is 2.12 bits per heavy atom. The van der Waals surface area contributed by atoms with Gasteiger partial charge in [0.25, 0.3) is 0 Å². The molecule has 2 aromatic rings. The molecule has 0 fully saturated rings. The number of rotatable bonds is 5. The number of thiophene rings is 1. The molecular weight excluding hydrogens is 330 g/mol. The van der Waals surface area contributed by atoms with E-state index in [4.69, 9.17) is 4.74 Å². The van der Waals surface area contributed by atoms with Gasteiger partial charge < -0.3 is 10.1 Å². The normalized spacial score (nSPS) is 13.4. The molecule has 0 saturated carbocycles. The third-order valence-electron chi connectivity index (χ3n) is 3.93. The average Bonchev–Trinajstić information content (AvgIpc) is 3.11. The smallest absolute Gasteiger partial charge is 0.341 e. The van der Waals surface area contributed by atoms with Gasteiger partial charge in [-0.3, -0.25) is 4.79 Å². The zero-order valence-corrected chi connectivity index (χ0v) is 14.5. The molecule has 9 heteroatoms. The Balaban J connectivity index is 1.84. The quantitative estimate of drug-likeness (QED) is 0.822. The van der Waals surface area contributed by atoms with Crippen molar-refractivity contribution in [1.82, 2.24) is 20.2 Å². The number of esters is 1. The number of anilines is 1. The summed E-state index contributed by atoms with van der Waals surface area (Å²) >= 11 is 1.47. The van der Waals surface area contributed by atoms with Crippen LogP contribution in [0.3, 0.4) is 0 Å². The molecule has 0 radical (unpaired) electrons. The van der Waals surface area contributed by atoms with Crippen LogP contribution in [0.25, 0.3) is 0 Å². The van der Waals surface area contributed by atoms with Gasteiger partial charge in [0.05, 0.1) is 18.6 Å². The summed E-state index contributed by atoms with van der Waals surface area (Å²) in [6.07, 6.45) is 3.99. The third-order valence-corrected chi connectivity index (χ3v) is 5.14. The van der Waals surface area contributed by atoms with Gasteiger partial charge in [0.15, 0.2) is 5.82 Å². The van der Waals surface area contributed by atoms with Crippen molar-refractivity contribution in [2.45, 2.75) is 39.0 Å². The summed E-state index contributed by atoms with van der Waals surface area (Å²) in [5.41, 5.74) is 1.54. The van der Waals surface area contributed by atoms with Gasteiger partial charge in [-0.25, -0.2) is 9.48 Å². The first-order valence-corrected chi connectivity index (χ1v) is 8.74. The molecule has 0 spiro atoms. The van der Waals surface area contributed by atoms with Crippen molar-refractivity contribution in [1.29, 1.82) is 0 Å². The lowest BCUT2D eigenvalue weighted by Crippen LogP contribution is -2.19. The van der Waals surface area contributed by atoms with Gasteiger partial charge >= 0.3 is 5.97 Å². The van der Waals surface area contributed by atoms with Crippen LogP contribution in [0, 0.1) is 0 Å². The first-order valence-electron chi connectivity index (χ1n) is 7.93. The zero-order valence-electron chi connectivity index (χ0n) is 13.7. The second-order valence-electron chi connectivity index (χ2n) is 5.58. The monoisotopic (exact) mass is 349 g/mol. The number of amides is 1. The van der Waals surface area contributed by atoms with E-state index in [1.165, 1.54) is 20.9 Å². The Kier molecular flexibility index (Phi) is 4.89. The summed E-state index contributed by atoms with van der Waals surface area (Å²) in [6.45, 7) is 2.08. The van der Waals surface area contributed by atoms with E-state index in [0.717, 1.165) is 31.2 Å². The first-order chi connectivity index (χ1) is 11.6. The number of ether oxygens (including phenoxy) is 1. The number of carbonyl (C=O) groups excluding carboxylic acids is 2. The van der Waals surface area contributed by atoms with Gasteiger partial charge in [0.2, 0.25) is 5.91 Å². The average molecular weight is 349 g/mol. The molecule has 1 N–H and O–H groups in total. The van der Waals surface area contributed by atoms with Crippen LogP contribution in [0.15, 0.2) is 0 Å². The maximum absolute atomic E-state index is 12.3. The Bertz CT molecular complexity index is 767. The minimum absolute atomic E-state index is 0.0499. The second kappa shape index (κ2) is 7.08. The molecule has 0 saturated heterocycles. The zero-order chi connectivity index (χ0) is 17.1. The molecule has 1 amide bonds. The Labute approximate surface area is 143 Å². The predicted octanol–water partition coefficient (Wildman–Crippen LogP) is 1.51. The molecule has 2 heterocycles. The SMILES string of the molecule is CCOC(=O)c1c(NC(=O)Cc2nnnn2C)sc2c1CCCC2. The number of tetrazole rings is 1. The van der Waals surface area contributed by atoms with Crippen LogP contribution in [0.1, 0.15) is 46.4 Å². The number of aromatic nitrogens is 4. The first kappa shape index (κ1) is 16.6. The minimum Gasteiger partial charge on any atom is -0.462 e. The highest BCUT2D eigenvalue weighted by molar-refractivity contribution is 7.17. The highest BCUT2D eigenvalue weighted by Gasteiger charge is 2.27. The number of hydrogen-bond donors (Lipinski definition) is 1. The highest BCUT2D eigenvalue weighted by atomic mass is 32.1. The van der Waals surface area contributed by atoms with E-state index < -0.39 is 0 Å². The molecule has 1 aliphatic rings. The molecule has 3 rings (SSSR count). The van der Waals surface area contributed by atoms with Crippen LogP contribution in [-0.2, 0) is 35.8 Å². The van der Waals surface area contributed by atoms with Gasteiger partial charge in [0.1, 0.15) is 5.00 Å². The number of hydrogen-bond acceptors (Lipinski definition) is 7. The topological polar surface area (TPSA) is 99.0 Å². The Hall–Kier alpha value is -2.29. The molecule has 1 aliphatic carbocycles. The van der Waals surface area contributed by atoms with Crippen molar-refractivity contribution < 1.29 is 14.3 Å². The van der Waals surface area contributed by atoms with Crippen molar-refractivity contribution in [3.05, 3.63) is 21.8 Å². The van der Waals surface area contributed by atoms with Gasteiger partial charge in [0, 0.05) is 11.9 Å². The maximum Gasteiger partial charge on any atom is 0.341 e. The summed E-state index contributed by atoms with van der Waals surface area (Å²) < 4.78 is 6.63. The van der Waals surface area contributed by atoms with Crippen LogP contribution in [0.2, 0.25) is 0 Å². The molecule has 0 aliphatic heterocycles. The lowest BCUT2D eigenvalue weighted by Gasteiger charge is -2.12. The summed E-state index contributed by atoms with van der Waals surface area (Å²) in [6, 6.07) is 0. The number of fused-ring (bicyclic) bond motifs is 1. The number of carbonyl (C=O) groups is 2. The third kappa shape index (κ3) is 3.30. The van der Waals surface area contributed by atoms with Crippen LogP contribution in [0.5, 0.6) is 0 Å². The molecule has 2 aromatic heterocycles. The molecule has 0 aromatic carbocycles. The highest BCUT2D eigenvalue weighted by Crippen LogP contribution is 2.38. The van der Waals surface area contributed by atoms with Crippen LogP contribution >= 0.6 is 11.3 Å². The van der Waals surface area contributed by atoms with E-state index in [-0.39, 0.29) is 18.3 Å². The number of nitrogens with zero attached hydrogens (tertiary/aromatic N) is 4. The molecule has 0 unspecified atom stereocenters. The summed E-state index contributed by atoms with van der Waals surface area (Å²) in [4.78, 5) is 25.8. The van der Waals surface area contributed by atoms with E-state index in [9.17, 15) is 9.59 Å². The van der Waals surface area contributed by atoms with Crippen LogP contribution < -0.4 is 5.32 Å². The lowest BCUT2D eigenvalue weighted by atomic mass is 9.95. The van der Waals surface area contributed by atoms with E-state index in [1.54, 1.807) is 14.0 Å². The number of aryl methyl sites for hydroxylation is 2. The van der Waals surface area contributed by atoms with Crippen molar-refractivity contribution in [2.75, 3.05) is 11.9 Å². The van der Waals surface area contributed by atoms with E-state index in [0.29, 0.717) is 23.0 Å². The molecule has 24 heavy (non-hydrogen) atoms. The number of nitrogens with one attached hydrogen (secondary N) is 1. The Morgan fingerprint density at radius 3 is 2.83 bits per heavy atom. The van der Waals surface area contributed by atoms with Crippen molar-refractivity contribution in [2.24, 2.45) is 7.05 Å². The summed E-state index contributed by atoms with van der Waals surface area (Å²) in [5, 5.41) is 14.4. The maximum atomic E-state index is 12.3. The van der Waals surface area contributed by atoms with Gasteiger partial charge in [-0.15, -0.1) is 16.4 Å². The lowest BCUT2D eigenvalue weighted by molar-refractivity contribution is -0.115. The Morgan fingerprint density at radius 1 is 1.33 bits per heavy atom. The predicted molar refractivity (Wildman–Crippen MR) is 88.0 cm³/mol. The van der Waals surface area contributed by atoms with Crippen LogP contribution in [0.4, 0.5) is 5.00 Å². The van der Waals surface area contributed by atoms with Crippen molar-refractivity contribution in [3.8, 4) is 0 Å². The van der Waals surface area contributed by atoms with Gasteiger partial charge in [-0.05, 0) is 48.6 Å². The molecular formula is C15H19N5O3S. The second-order valence-corrected chi connectivity index (χ2v) is 6.68. The van der Waals surface area contributed by atoms with E-state index >= 15 is 0 Å². The largest absolute Gasteiger partial charge is 0.462 e. The fourth-order valence-electron chi connectivity index (χ4n) is 2.79. The fraction of sp³-hybridized carbons (Fsp3) is 0.533. The minimum atomic E-state index is -0.368. The van der Waals surface area contributed by atoms with E-state index in [2.05, 4.69) is 20.8 Å². The molecule has 8 nitrogen and oxygen atoms in total. The van der Waals surface area contributed by atoms with Crippen molar-refractivity contribution in [3.63, 3.8) is 0 Å². The van der Waals surface area contributed by atoms with Gasteiger partial charge in [-0.1, -0.05) is 0 Å². The molecule has 0 atom stereocenters. The van der Waals surface area contributed by atoms with Gasteiger partial charge in [-0.2, -0.15) is 0 Å². The standard InChI is InChI=1S/C15H19N5O3S/c1-3-23-15(22)13-9-6-4-5-7-10(9)24-14(13)16-12(21)8-11-17-18-19-20(11)2/h3-8H2,1-2H3,(H,16,21).